The number of nitrogens with two attached hydrogens (primary N) is 1. The van der Waals surface area contributed by atoms with Gasteiger partial charge in [-0.3, -0.25) is 0 Å². The summed E-state index contributed by atoms with van der Waals surface area (Å²) in [6.45, 7) is 11.2. The molecule has 0 unspecified atom stereocenters. The van der Waals surface area contributed by atoms with Crippen molar-refractivity contribution in [1.29, 1.82) is 0 Å². The molecule has 2 N–H and O–H groups in total. The van der Waals surface area contributed by atoms with Crippen molar-refractivity contribution in [2.24, 2.45) is 5.92 Å². The summed E-state index contributed by atoms with van der Waals surface area (Å²) >= 11 is 0. The van der Waals surface area contributed by atoms with Crippen LogP contribution in [0.25, 0.3) is 0 Å². The quantitative estimate of drug-likeness (QED) is 0.868. The van der Waals surface area contributed by atoms with E-state index in [4.69, 9.17) is 9.47 Å². The third kappa shape index (κ3) is 3.09. The van der Waals surface area contributed by atoms with Gasteiger partial charge in [-0.15, -0.1) is 0 Å². The highest BCUT2D eigenvalue weighted by Gasteiger charge is 2.29. The Morgan fingerprint density at radius 1 is 1.15 bits per heavy atom. The fraction of sp³-hybridized carbons (Fsp3) is 0.647. The van der Waals surface area contributed by atoms with Crippen LogP contribution in [0.4, 0.5) is 0 Å². The van der Waals surface area contributed by atoms with E-state index in [1.54, 1.807) is 0 Å². The zero-order valence-corrected chi connectivity index (χ0v) is 13.2. The molecule has 1 aliphatic rings. The van der Waals surface area contributed by atoms with Gasteiger partial charge in [0.25, 0.3) is 0 Å². The predicted molar refractivity (Wildman–Crippen MR) is 81.5 cm³/mol. The van der Waals surface area contributed by atoms with Crippen LogP contribution in [-0.2, 0) is 6.42 Å². The SMILES string of the molecule is CCOc1cc2c(cc1OCC)[C@H]([C@@H](C)CC)[NH2+]CC2. The van der Waals surface area contributed by atoms with E-state index in [1.807, 2.05) is 13.8 Å². The molecule has 2 atom stereocenters. The minimum atomic E-state index is 0.554. The lowest BCUT2D eigenvalue weighted by atomic mass is 9.85. The van der Waals surface area contributed by atoms with Gasteiger partial charge in [-0.1, -0.05) is 13.8 Å². The fourth-order valence-electron chi connectivity index (χ4n) is 3.02. The number of hydrogen-bond acceptors (Lipinski definition) is 2. The Labute approximate surface area is 122 Å². The summed E-state index contributed by atoms with van der Waals surface area (Å²) in [4.78, 5) is 0. The van der Waals surface area contributed by atoms with Crippen LogP contribution in [-0.4, -0.2) is 19.8 Å². The molecule has 20 heavy (non-hydrogen) atoms. The van der Waals surface area contributed by atoms with Gasteiger partial charge in [0.1, 0.15) is 6.04 Å². The van der Waals surface area contributed by atoms with E-state index >= 15 is 0 Å². The molecule has 0 radical (unpaired) electrons. The van der Waals surface area contributed by atoms with E-state index in [9.17, 15) is 0 Å². The molecule has 0 saturated heterocycles. The topological polar surface area (TPSA) is 35.1 Å². The molecule has 0 bridgehead atoms. The van der Waals surface area contributed by atoms with Crippen LogP contribution in [0, 0.1) is 5.92 Å². The molecule has 1 aromatic carbocycles. The first-order valence-corrected chi connectivity index (χ1v) is 7.96. The van der Waals surface area contributed by atoms with Gasteiger partial charge in [0.05, 0.1) is 19.8 Å². The van der Waals surface area contributed by atoms with Crippen LogP contribution < -0.4 is 14.8 Å². The Kier molecular flexibility index (Phi) is 5.30. The van der Waals surface area contributed by atoms with Crippen LogP contribution in [0.5, 0.6) is 11.5 Å². The fourth-order valence-corrected chi connectivity index (χ4v) is 3.02. The van der Waals surface area contributed by atoms with Gasteiger partial charge in [-0.2, -0.15) is 0 Å². The molecule has 0 aromatic heterocycles. The summed E-state index contributed by atoms with van der Waals surface area (Å²) in [5.41, 5.74) is 2.88. The minimum Gasteiger partial charge on any atom is -0.490 e. The summed E-state index contributed by atoms with van der Waals surface area (Å²) in [5.74, 6) is 2.48. The lowest BCUT2D eigenvalue weighted by Crippen LogP contribution is -2.88. The molecular weight excluding hydrogens is 250 g/mol. The van der Waals surface area contributed by atoms with Gasteiger partial charge >= 0.3 is 0 Å². The molecular formula is C17H28NO2+. The maximum Gasteiger partial charge on any atom is 0.161 e. The monoisotopic (exact) mass is 278 g/mol. The predicted octanol–water partition coefficient (Wildman–Crippen LogP) is 2.69. The van der Waals surface area contributed by atoms with Crippen molar-refractivity contribution >= 4 is 0 Å². The number of benzene rings is 1. The minimum absolute atomic E-state index is 0.554. The van der Waals surface area contributed by atoms with Crippen molar-refractivity contribution in [2.45, 2.75) is 46.6 Å². The average molecular weight is 278 g/mol. The largest absolute Gasteiger partial charge is 0.490 e. The molecule has 0 amide bonds. The summed E-state index contributed by atoms with van der Waals surface area (Å²) in [6, 6.07) is 4.97. The first kappa shape index (κ1) is 15.2. The molecule has 112 valence electrons. The molecule has 0 saturated carbocycles. The summed E-state index contributed by atoms with van der Waals surface area (Å²) < 4.78 is 11.5. The van der Waals surface area contributed by atoms with Crippen molar-refractivity contribution in [3.8, 4) is 11.5 Å². The zero-order valence-electron chi connectivity index (χ0n) is 13.2. The normalized spacial score (nSPS) is 19.3. The second-order valence-electron chi connectivity index (χ2n) is 5.55. The Morgan fingerprint density at radius 2 is 1.80 bits per heavy atom. The molecule has 2 rings (SSSR count). The van der Waals surface area contributed by atoms with Crippen LogP contribution in [0.15, 0.2) is 12.1 Å². The van der Waals surface area contributed by atoms with E-state index in [0.717, 1.165) is 17.9 Å². The number of fused-ring (bicyclic) bond motifs is 1. The van der Waals surface area contributed by atoms with E-state index in [-0.39, 0.29) is 0 Å². The summed E-state index contributed by atoms with van der Waals surface area (Å²) in [6.07, 6.45) is 2.33. The molecule has 0 fully saturated rings. The number of ether oxygens (including phenoxy) is 2. The Bertz CT molecular complexity index is 445. The van der Waals surface area contributed by atoms with Gasteiger partial charge in [0.2, 0.25) is 0 Å². The van der Waals surface area contributed by atoms with E-state index in [1.165, 1.54) is 24.1 Å². The molecule has 3 heteroatoms. The molecule has 0 spiro atoms. The maximum absolute atomic E-state index is 5.78. The van der Waals surface area contributed by atoms with Gasteiger partial charge in [0.15, 0.2) is 11.5 Å². The van der Waals surface area contributed by atoms with E-state index < -0.39 is 0 Å². The maximum atomic E-state index is 5.78. The smallest absolute Gasteiger partial charge is 0.161 e. The summed E-state index contributed by atoms with van der Waals surface area (Å²) in [5, 5.41) is 2.48. The van der Waals surface area contributed by atoms with Gasteiger partial charge in [-0.05, 0) is 38.0 Å². The van der Waals surface area contributed by atoms with Crippen LogP contribution >= 0.6 is 0 Å². The highest BCUT2D eigenvalue weighted by Crippen LogP contribution is 2.36. The van der Waals surface area contributed by atoms with Crippen molar-refractivity contribution < 1.29 is 14.8 Å². The molecule has 1 heterocycles. The molecule has 1 aliphatic heterocycles. The highest BCUT2D eigenvalue weighted by molar-refractivity contribution is 5.49. The van der Waals surface area contributed by atoms with Crippen molar-refractivity contribution in [2.75, 3.05) is 19.8 Å². The summed E-state index contributed by atoms with van der Waals surface area (Å²) in [7, 11) is 0. The third-order valence-corrected chi connectivity index (χ3v) is 4.26. The highest BCUT2D eigenvalue weighted by atomic mass is 16.5. The number of rotatable bonds is 6. The molecule has 1 aromatic rings. The van der Waals surface area contributed by atoms with Crippen LogP contribution in [0.3, 0.4) is 0 Å². The zero-order chi connectivity index (χ0) is 14.5. The van der Waals surface area contributed by atoms with Crippen molar-refractivity contribution in [3.63, 3.8) is 0 Å². The van der Waals surface area contributed by atoms with Crippen molar-refractivity contribution in [1.82, 2.24) is 0 Å². The second kappa shape index (κ2) is 6.98. The van der Waals surface area contributed by atoms with Gasteiger partial charge in [0, 0.05) is 17.9 Å². The second-order valence-corrected chi connectivity index (χ2v) is 5.55. The van der Waals surface area contributed by atoms with Crippen molar-refractivity contribution in [3.05, 3.63) is 23.3 Å². The average Bonchev–Trinajstić information content (AvgIpc) is 2.47. The number of hydrogen-bond donors (Lipinski definition) is 1. The van der Waals surface area contributed by atoms with Crippen LogP contribution in [0.1, 0.15) is 51.3 Å². The molecule has 3 nitrogen and oxygen atoms in total. The number of quaternary nitrogens is 1. The first-order chi connectivity index (χ1) is 9.71. The lowest BCUT2D eigenvalue weighted by molar-refractivity contribution is -0.705. The van der Waals surface area contributed by atoms with E-state index in [0.29, 0.717) is 25.2 Å². The molecule has 0 aliphatic carbocycles. The van der Waals surface area contributed by atoms with Gasteiger partial charge in [-0.25, -0.2) is 0 Å². The third-order valence-electron chi connectivity index (χ3n) is 4.26. The van der Waals surface area contributed by atoms with Crippen LogP contribution in [0.2, 0.25) is 0 Å². The Morgan fingerprint density at radius 3 is 2.40 bits per heavy atom. The first-order valence-electron chi connectivity index (χ1n) is 7.96. The lowest BCUT2D eigenvalue weighted by Gasteiger charge is -2.29. The Hall–Kier alpha value is -1.22. The van der Waals surface area contributed by atoms with Gasteiger partial charge < -0.3 is 14.8 Å². The Balaban J connectivity index is 2.40. The standard InChI is InChI=1S/C17H27NO2/c1-5-12(4)17-14-11-16(20-7-3)15(19-6-2)10-13(14)8-9-18-17/h10-12,17-18H,5-9H2,1-4H3/p+1/t12-,17-/m0/s1. The van der Waals surface area contributed by atoms with E-state index in [2.05, 4.69) is 31.3 Å².